The van der Waals surface area contributed by atoms with E-state index in [2.05, 4.69) is 0 Å². The first-order chi connectivity index (χ1) is 7.00. The van der Waals surface area contributed by atoms with Crippen molar-refractivity contribution in [2.24, 2.45) is 5.73 Å². The minimum atomic E-state index is -4.28. The van der Waals surface area contributed by atoms with Crippen molar-refractivity contribution < 1.29 is 13.2 Å². The number of fused-ring (bicyclic) bond motifs is 1. The molecule has 1 atom stereocenters. The van der Waals surface area contributed by atoms with Gasteiger partial charge in [-0.15, -0.1) is 11.8 Å². The highest BCUT2D eigenvalue weighted by atomic mass is 32.2. The van der Waals surface area contributed by atoms with Crippen molar-refractivity contribution in [3.63, 3.8) is 0 Å². The molecule has 0 saturated carbocycles. The van der Waals surface area contributed by atoms with E-state index in [1.54, 1.807) is 6.07 Å². The van der Waals surface area contributed by atoms with E-state index in [9.17, 15) is 13.2 Å². The number of thioether (sulfide) groups is 1. The molecule has 1 unspecified atom stereocenters. The van der Waals surface area contributed by atoms with Gasteiger partial charge in [0.25, 0.3) is 0 Å². The third-order valence-electron chi connectivity index (χ3n) is 2.43. The summed E-state index contributed by atoms with van der Waals surface area (Å²) in [6.45, 7) is 0. The van der Waals surface area contributed by atoms with E-state index >= 15 is 0 Å². The average molecular weight is 233 g/mol. The van der Waals surface area contributed by atoms with Gasteiger partial charge in [-0.25, -0.2) is 0 Å². The minimum absolute atomic E-state index is 0.261. The quantitative estimate of drug-likeness (QED) is 0.744. The molecule has 1 nitrogen and oxygen atoms in total. The van der Waals surface area contributed by atoms with Crippen LogP contribution in [-0.2, 0) is 6.18 Å². The van der Waals surface area contributed by atoms with Crippen molar-refractivity contribution in [1.29, 1.82) is 0 Å². The van der Waals surface area contributed by atoms with Gasteiger partial charge in [0.05, 0.1) is 5.56 Å². The fourth-order valence-electron chi connectivity index (χ4n) is 1.67. The summed E-state index contributed by atoms with van der Waals surface area (Å²) in [5.74, 6) is 0.654. The third kappa shape index (κ3) is 1.99. The number of alkyl halides is 3. The van der Waals surface area contributed by atoms with Crippen molar-refractivity contribution in [2.45, 2.75) is 23.5 Å². The second-order valence-corrected chi connectivity index (χ2v) is 4.57. The van der Waals surface area contributed by atoms with E-state index in [0.29, 0.717) is 16.2 Å². The molecule has 0 aliphatic carbocycles. The van der Waals surface area contributed by atoms with Crippen LogP contribution in [0.25, 0.3) is 0 Å². The van der Waals surface area contributed by atoms with Gasteiger partial charge in [0.1, 0.15) is 0 Å². The molecule has 82 valence electrons. The Morgan fingerprint density at radius 1 is 1.33 bits per heavy atom. The molecule has 0 aromatic heterocycles. The molecule has 1 heterocycles. The van der Waals surface area contributed by atoms with Crippen molar-refractivity contribution in [2.75, 3.05) is 5.75 Å². The Morgan fingerprint density at radius 3 is 2.73 bits per heavy atom. The summed E-state index contributed by atoms with van der Waals surface area (Å²) in [7, 11) is 0. The number of hydrogen-bond donors (Lipinski definition) is 1. The Labute approximate surface area is 89.8 Å². The highest BCUT2D eigenvalue weighted by Gasteiger charge is 2.35. The standard InChI is InChI=1S/C10H10F3NS/c11-10(12,13)7-3-1-2-6-8(14)4-5-15-9(6)7/h1-3,8H,4-5,14H2. The van der Waals surface area contributed by atoms with E-state index in [1.165, 1.54) is 17.8 Å². The van der Waals surface area contributed by atoms with Gasteiger partial charge in [-0.05, 0) is 23.8 Å². The molecule has 1 aliphatic rings. The molecule has 5 heteroatoms. The first-order valence-corrected chi connectivity index (χ1v) is 5.57. The molecular formula is C10H10F3NS. The number of benzene rings is 1. The molecule has 0 fully saturated rings. The van der Waals surface area contributed by atoms with E-state index < -0.39 is 11.7 Å². The lowest BCUT2D eigenvalue weighted by atomic mass is 10.0. The first kappa shape index (κ1) is 10.8. The summed E-state index contributed by atoms with van der Waals surface area (Å²) in [5.41, 5.74) is 5.85. The lowest BCUT2D eigenvalue weighted by Crippen LogP contribution is -2.19. The molecule has 15 heavy (non-hydrogen) atoms. The molecule has 0 radical (unpaired) electrons. The van der Waals surface area contributed by atoms with Crippen LogP contribution in [0.1, 0.15) is 23.6 Å². The van der Waals surface area contributed by atoms with Gasteiger partial charge in [0.15, 0.2) is 0 Å². The first-order valence-electron chi connectivity index (χ1n) is 4.58. The summed E-state index contributed by atoms with van der Waals surface area (Å²) in [5, 5.41) is 0. The number of rotatable bonds is 0. The summed E-state index contributed by atoms with van der Waals surface area (Å²) >= 11 is 1.25. The topological polar surface area (TPSA) is 26.0 Å². The highest BCUT2D eigenvalue weighted by molar-refractivity contribution is 7.99. The second-order valence-electron chi connectivity index (χ2n) is 3.47. The second kappa shape index (κ2) is 3.72. The van der Waals surface area contributed by atoms with Crippen molar-refractivity contribution in [3.05, 3.63) is 29.3 Å². The Morgan fingerprint density at radius 2 is 2.07 bits per heavy atom. The van der Waals surface area contributed by atoms with Crippen LogP contribution in [0, 0.1) is 0 Å². The minimum Gasteiger partial charge on any atom is -0.324 e. The number of halogens is 3. The van der Waals surface area contributed by atoms with Gasteiger partial charge in [-0.1, -0.05) is 12.1 Å². The van der Waals surface area contributed by atoms with Crippen LogP contribution in [0.4, 0.5) is 13.2 Å². The number of hydrogen-bond acceptors (Lipinski definition) is 2. The third-order valence-corrected chi connectivity index (χ3v) is 3.61. The molecular weight excluding hydrogens is 223 g/mol. The molecule has 1 aliphatic heterocycles. The molecule has 1 aromatic rings. The summed E-state index contributed by atoms with van der Waals surface area (Å²) in [4.78, 5) is 0.309. The van der Waals surface area contributed by atoms with Crippen LogP contribution < -0.4 is 5.73 Å². The number of nitrogens with two attached hydrogens (primary N) is 1. The SMILES string of the molecule is NC1CCSc2c1cccc2C(F)(F)F. The smallest absolute Gasteiger partial charge is 0.324 e. The van der Waals surface area contributed by atoms with Gasteiger partial charge in [-0.2, -0.15) is 13.2 Å². The lowest BCUT2D eigenvalue weighted by Gasteiger charge is -2.24. The molecule has 0 amide bonds. The van der Waals surface area contributed by atoms with Crippen LogP contribution in [0.15, 0.2) is 23.1 Å². The van der Waals surface area contributed by atoms with Crippen molar-refractivity contribution in [1.82, 2.24) is 0 Å². The Balaban J connectivity index is 2.54. The molecule has 0 spiro atoms. The zero-order chi connectivity index (χ0) is 11.1. The van der Waals surface area contributed by atoms with E-state index in [4.69, 9.17) is 5.73 Å². The highest BCUT2D eigenvalue weighted by Crippen LogP contribution is 2.43. The van der Waals surface area contributed by atoms with Crippen LogP contribution in [-0.4, -0.2) is 5.75 Å². The predicted molar refractivity (Wildman–Crippen MR) is 53.7 cm³/mol. The zero-order valence-corrected chi connectivity index (χ0v) is 8.66. The summed E-state index contributed by atoms with van der Waals surface area (Å²) < 4.78 is 37.9. The Bertz CT molecular complexity index is 375. The van der Waals surface area contributed by atoms with Gasteiger partial charge >= 0.3 is 6.18 Å². The maximum atomic E-state index is 12.6. The van der Waals surface area contributed by atoms with E-state index in [0.717, 1.165) is 12.5 Å². The van der Waals surface area contributed by atoms with Gasteiger partial charge < -0.3 is 5.73 Å². The fraction of sp³-hybridized carbons (Fsp3) is 0.400. The summed E-state index contributed by atoms with van der Waals surface area (Å²) in [6, 6.07) is 3.96. The molecule has 2 N–H and O–H groups in total. The van der Waals surface area contributed by atoms with Crippen LogP contribution in [0.5, 0.6) is 0 Å². The van der Waals surface area contributed by atoms with Crippen LogP contribution in [0.3, 0.4) is 0 Å². The fourth-order valence-corrected chi connectivity index (χ4v) is 2.98. The maximum absolute atomic E-state index is 12.6. The largest absolute Gasteiger partial charge is 0.417 e. The maximum Gasteiger partial charge on any atom is 0.417 e. The lowest BCUT2D eigenvalue weighted by molar-refractivity contribution is -0.139. The normalized spacial score (nSPS) is 21.2. The van der Waals surface area contributed by atoms with Gasteiger partial charge in [0.2, 0.25) is 0 Å². The van der Waals surface area contributed by atoms with Gasteiger partial charge in [-0.3, -0.25) is 0 Å². The molecule has 0 bridgehead atoms. The zero-order valence-electron chi connectivity index (χ0n) is 7.84. The monoisotopic (exact) mass is 233 g/mol. The molecule has 2 rings (SSSR count). The van der Waals surface area contributed by atoms with E-state index in [-0.39, 0.29) is 6.04 Å². The van der Waals surface area contributed by atoms with E-state index in [1.807, 2.05) is 0 Å². The predicted octanol–water partition coefficient (Wildman–Crippen LogP) is 3.20. The Kier molecular flexibility index (Phi) is 2.68. The average Bonchev–Trinajstić information content (AvgIpc) is 2.16. The van der Waals surface area contributed by atoms with Crippen molar-refractivity contribution in [3.8, 4) is 0 Å². The summed E-state index contributed by atoms with van der Waals surface area (Å²) in [6.07, 6.45) is -3.55. The Hall–Kier alpha value is -0.680. The van der Waals surface area contributed by atoms with Gasteiger partial charge in [0, 0.05) is 10.9 Å². The van der Waals surface area contributed by atoms with Crippen molar-refractivity contribution >= 4 is 11.8 Å². The molecule has 0 saturated heterocycles. The molecule has 1 aromatic carbocycles. The van der Waals surface area contributed by atoms with Crippen LogP contribution in [0.2, 0.25) is 0 Å². The van der Waals surface area contributed by atoms with Crippen LogP contribution >= 0.6 is 11.8 Å².